The van der Waals surface area contributed by atoms with Gasteiger partial charge in [0.15, 0.2) is 12.1 Å². The smallest absolute Gasteiger partial charge is 0.303 e. The number of ether oxygens (including phenoxy) is 3. The van der Waals surface area contributed by atoms with Crippen LogP contribution >= 0.6 is 0 Å². The summed E-state index contributed by atoms with van der Waals surface area (Å²) in [6, 6.07) is 0. The highest BCUT2D eigenvalue weighted by Gasteiger charge is 2.72. The summed E-state index contributed by atoms with van der Waals surface area (Å²) in [5.74, 6) is -2.18. The lowest BCUT2D eigenvalue weighted by Crippen LogP contribution is -2.70. The summed E-state index contributed by atoms with van der Waals surface area (Å²) < 4.78 is 16.8. The second-order valence-electron chi connectivity index (χ2n) is 6.09. The van der Waals surface area contributed by atoms with Crippen LogP contribution < -0.4 is 0 Å². The fourth-order valence-electron chi connectivity index (χ4n) is 4.66. The van der Waals surface area contributed by atoms with Crippen LogP contribution in [0.5, 0.6) is 0 Å². The van der Waals surface area contributed by atoms with Gasteiger partial charge in [0.05, 0.1) is 0 Å². The van der Waals surface area contributed by atoms with Crippen LogP contribution in [0.1, 0.15) is 19.8 Å². The second-order valence-corrected chi connectivity index (χ2v) is 6.09. The lowest BCUT2D eigenvalue weighted by Gasteiger charge is -2.60. The van der Waals surface area contributed by atoms with Gasteiger partial charge in [-0.05, 0) is 6.42 Å². The van der Waals surface area contributed by atoms with Crippen LogP contribution in [0.4, 0.5) is 0 Å². The van der Waals surface area contributed by atoms with Crippen molar-refractivity contribution in [3.05, 3.63) is 0 Å². The molecule has 8 atom stereocenters. The van der Waals surface area contributed by atoms with E-state index in [0.717, 1.165) is 6.29 Å². The van der Waals surface area contributed by atoms with Crippen molar-refractivity contribution in [3.63, 3.8) is 0 Å². The largest absolute Gasteiger partial charge is 0.459 e. The van der Waals surface area contributed by atoms with Gasteiger partial charge in [0.1, 0.15) is 18.5 Å². The Morgan fingerprint density at radius 1 is 1.53 bits per heavy atom. The number of esters is 1. The summed E-state index contributed by atoms with van der Waals surface area (Å²) in [4.78, 5) is 22.5. The Hall–Kier alpha value is -0.980. The van der Waals surface area contributed by atoms with Crippen LogP contribution in [0.25, 0.3) is 0 Å². The molecule has 0 spiro atoms. The average molecular weight is 268 g/mol. The molecule has 0 radical (unpaired) electrons. The van der Waals surface area contributed by atoms with Crippen molar-refractivity contribution in [2.24, 2.45) is 23.7 Å². The van der Waals surface area contributed by atoms with Crippen molar-refractivity contribution in [1.29, 1.82) is 0 Å². The highest BCUT2D eigenvalue weighted by atomic mass is 16.8. The highest BCUT2D eigenvalue weighted by molar-refractivity contribution is 5.66. The minimum atomic E-state index is -1.30. The molecule has 0 aromatic rings. The van der Waals surface area contributed by atoms with E-state index in [-0.39, 0.29) is 48.3 Å². The third-order valence-corrected chi connectivity index (χ3v) is 5.13. The van der Waals surface area contributed by atoms with Gasteiger partial charge < -0.3 is 24.1 Å². The molecule has 3 heterocycles. The molecule has 2 saturated carbocycles. The van der Waals surface area contributed by atoms with Crippen molar-refractivity contribution < 1.29 is 28.9 Å². The van der Waals surface area contributed by atoms with Crippen molar-refractivity contribution in [2.45, 2.75) is 44.1 Å². The maximum absolute atomic E-state index is 11.3. The molecule has 5 fully saturated rings. The summed E-state index contributed by atoms with van der Waals surface area (Å²) in [6.45, 7) is 1.37. The average Bonchev–Trinajstić information content (AvgIpc) is 2.70. The van der Waals surface area contributed by atoms with Gasteiger partial charge in [-0.15, -0.1) is 0 Å². The van der Waals surface area contributed by atoms with Gasteiger partial charge in [0.25, 0.3) is 0 Å². The predicted octanol–water partition coefficient (Wildman–Crippen LogP) is -0.167. The van der Waals surface area contributed by atoms with Crippen molar-refractivity contribution in [3.8, 4) is 0 Å². The third kappa shape index (κ3) is 1.37. The molecule has 6 bridgehead atoms. The van der Waals surface area contributed by atoms with E-state index in [1.165, 1.54) is 6.92 Å². The number of aliphatic hydroxyl groups is 1. The van der Waals surface area contributed by atoms with Gasteiger partial charge in [0, 0.05) is 37.0 Å². The summed E-state index contributed by atoms with van der Waals surface area (Å²) in [5, 5.41) is 10.6. The van der Waals surface area contributed by atoms with E-state index in [4.69, 9.17) is 14.2 Å². The van der Waals surface area contributed by atoms with Gasteiger partial charge in [-0.2, -0.15) is 0 Å². The molecular weight excluding hydrogens is 252 g/mol. The molecule has 3 saturated heterocycles. The zero-order valence-electron chi connectivity index (χ0n) is 10.5. The summed E-state index contributed by atoms with van der Waals surface area (Å²) in [5.41, 5.74) is 0. The maximum atomic E-state index is 11.3. The Morgan fingerprint density at radius 3 is 3.00 bits per heavy atom. The third-order valence-electron chi connectivity index (χ3n) is 5.13. The highest BCUT2D eigenvalue weighted by Crippen LogP contribution is 2.63. The Kier molecular flexibility index (Phi) is 2.21. The Bertz CT molecular complexity index is 450. The molecule has 0 aromatic heterocycles. The molecule has 6 heteroatoms. The fraction of sp³-hybridized carbons (Fsp3) is 0.846. The summed E-state index contributed by atoms with van der Waals surface area (Å²) >= 11 is 0. The summed E-state index contributed by atoms with van der Waals surface area (Å²) in [6.07, 6.45) is 0.635. The van der Waals surface area contributed by atoms with Crippen LogP contribution in [0.3, 0.4) is 0 Å². The Labute approximate surface area is 110 Å². The van der Waals surface area contributed by atoms with Crippen LogP contribution in [0.2, 0.25) is 0 Å². The Morgan fingerprint density at radius 2 is 2.32 bits per heavy atom. The first kappa shape index (κ1) is 11.8. The standard InChI is InChI=1S/C13H16O6/c1-5(15)17-11-8-3-13(16)10-6(4-14)2-7(9(10)11)12(18-8)19-13/h4,6-12,16H,2-3H2,1H3/t6-,7-,8+,9-,10+,11-,12-,13-/m0/s1. The molecule has 5 rings (SSSR count). The molecule has 3 aliphatic heterocycles. The van der Waals surface area contributed by atoms with E-state index in [1.807, 2.05) is 0 Å². The second kappa shape index (κ2) is 3.56. The van der Waals surface area contributed by atoms with Crippen molar-refractivity contribution >= 4 is 12.3 Å². The molecule has 0 unspecified atom stereocenters. The zero-order chi connectivity index (χ0) is 13.4. The minimum Gasteiger partial charge on any atom is -0.459 e. The SMILES string of the molecule is CC(=O)O[C@@H]1[C@H]2[C@@H]3C[C@@H](C=O)[C@H]2[C@]2(O)C[C@H]1O[C@H]3O2. The van der Waals surface area contributed by atoms with Gasteiger partial charge >= 0.3 is 5.97 Å². The van der Waals surface area contributed by atoms with Crippen molar-refractivity contribution in [2.75, 3.05) is 0 Å². The van der Waals surface area contributed by atoms with E-state index in [9.17, 15) is 14.7 Å². The van der Waals surface area contributed by atoms with Crippen molar-refractivity contribution in [1.82, 2.24) is 0 Å². The number of aldehydes is 1. The lowest BCUT2D eigenvalue weighted by molar-refractivity contribution is -0.445. The molecule has 0 aromatic carbocycles. The summed E-state index contributed by atoms with van der Waals surface area (Å²) in [7, 11) is 0. The number of carbonyl (C=O) groups excluding carboxylic acids is 2. The maximum Gasteiger partial charge on any atom is 0.303 e. The topological polar surface area (TPSA) is 82.1 Å². The number of hydrogen-bond acceptors (Lipinski definition) is 6. The Balaban J connectivity index is 1.76. The number of carbonyl (C=O) groups is 2. The van der Waals surface area contributed by atoms with Crippen LogP contribution in [-0.2, 0) is 23.8 Å². The lowest BCUT2D eigenvalue weighted by atomic mass is 9.65. The van der Waals surface area contributed by atoms with E-state index < -0.39 is 12.1 Å². The first-order valence-electron chi connectivity index (χ1n) is 6.71. The van der Waals surface area contributed by atoms with Gasteiger partial charge in [0.2, 0.25) is 0 Å². The molecule has 19 heavy (non-hydrogen) atoms. The van der Waals surface area contributed by atoms with Gasteiger partial charge in [-0.3, -0.25) is 4.79 Å². The molecule has 1 N–H and O–H groups in total. The van der Waals surface area contributed by atoms with Crippen LogP contribution in [-0.4, -0.2) is 41.6 Å². The van der Waals surface area contributed by atoms with Gasteiger partial charge in [-0.1, -0.05) is 0 Å². The number of rotatable bonds is 2. The van der Waals surface area contributed by atoms with Gasteiger partial charge in [-0.25, -0.2) is 0 Å². The molecule has 5 aliphatic rings. The fourth-order valence-corrected chi connectivity index (χ4v) is 4.66. The molecule has 0 amide bonds. The monoisotopic (exact) mass is 268 g/mol. The molecule has 6 nitrogen and oxygen atoms in total. The molecular formula is C13H16O6. The normalized spacial score (nSPS) is 57.3. The first-order chi connectivity index (χ1) is 9.03. The predicted molar refractivity (Wildman–Crippen MR) is 59.5 cm³/mol. The van der Waals surface area contributed by atoms with Crippen LogP contribution in [0, 0.1) is 23.7 Å². The number of hydrogen-bond donors (Lipinski definition) is 1. The molecule has 104 valence electrons. The van der Waals surface area contributed by atoms with E-state index in [0.29, 0.717) is 6.42 Å². The van der Waals surface area contributed by atoms with E-state index >= 15 is 0 Å². The van der Waals surface area contributed by atoms with E-state index in [2.05, 4.69) is 0 Å². The first-order valence-corrected chi connectivity index (χ1v) is 6.71. The van der Waals surface area contributed by atoms with E-state index in [1.54, 1.807) is 0 Å². The minimum absolute atomic E-state index is 0.0291. The quantitative estimate of drug-likeness (QED) is 0.553. The van der Waals surface area contributed by atoms with Crippen LogP contribution in [0.15, 0.2) is 0 Å². The molecule has 2 aliphatic carbocycles. The zero-order valence-corrected chi connectivity index (χ0v) is 10.5.